The maximum atomic E-state index is 12.6. The molecule has 1 N–H and O–H groups in total. The number of nitrogens with zero attached hydrogens (tertiary/aromatic N) is 1. The molecule has 1 aliphatic heterocycles. The van der Waals surface area contributed by atoms with Crippen LogP contribution in [-0.4, -0.2) is 31.6 Å². The molecule has 3 aromatic carbocycles. The number of fused-ring (bicyclic) bond motifs is 1. The van der Waals surface area contributed by atoms with Crippen LogP contribution in [0, 0.1) is 0 Å². The Morgan fingerprint density at radius 1 is 1.12 bits per heavy atom. The molecule has 0 atom stereocenters. The lowest BCUT2D eigenvalue weighted by Gasteiger charge is -2.30. The molecule has 7 heteroatoms. The maximum Gasteiger partial charge on any atom is 0.265 e. The number of aryl methyl sites for hydroxylation is 1. The van der Waals surface area contributed by atoms with Gasteiger partial charge in [-0.3, -0.25) is 9.59 Å². The minimum absolute atomic E-state index is 0.0162. The Hall–Kier alpha value is -3.51. The fraction of sp³-hybridized carbons (Fsp3) is 0.231. The Morgan fingerprint density at radius 3 is 2.67 bits per heavy atom. The third kappa shape index (κ3) is 5.46. The van der Waals surface area contributed by atoms with Crippen molar-refractivity contribution in [1.29, 1.82) is 0 Å². The number of hydrogen-bond acceptors (Lipinski definition) is 4. The first kappa shape index (κ1) is 22.7. The van der Waals surface area contributed by atoms with Crippen molar-refractivity contribution in [3.63, 3.8) is 0 Å². The summed E-state index contributed by atoms with van der Waals surface area (Å²) < 4.78 is 11.4. The molecule has 0 unspecified atom stereocenters. The van der Waals surface area contributed by atoms with Crippen LogP contribution < -0.4 is 19.7 Å². The zero-order chi connectivity index (χ0) is 23.2. The number of carbonyl (C=O) groups is 2. The number of amides is 2. The van der Waals surface area contributed by atoms with E-state index in [-0.39, 0.29) is 18.4 Å². The van der Waals surface area contributed by atoms with Crippen LogP contribution in [0.2, 0.25) is 5.02 Å². The molecule has 0 saturated heterocycles. The van der Waals surface area contributed by atoms with E-state index in [9.17, 15) is 9.59 Å². The lowest BCUT2D eigenvalue weighted by atomic mass is 10.1. The second kappa shape index (κ2) is 10.4. The Labute approximate surface area is 198 Å². The van der Waals surface area contributed by atoms with Crippen molar-refractivity contribution in [1.82, 2.24) is 0 Å². The van der Waals surface area contributed by atoms with Crippen molar-refractivity contribution in [2.45, 2.75) is 19.8 Å². The number of rotatable bonds is 8. The number of hydrogen-bond donors (Lipinski definition) is 1. The first-order valence-corrected chi connectivity index (χ1v) is 11.3. The third-order valence-electron chi connectivity index (χ3n) is 5.40. The molecule has 0 saturated carbocycles. The summed E-state index contributed by atoms with van der Waals surface area (Å²) >= 11 is 6.13. The summed E-state index contributed by atoms with van der Waals surface area (Å²) in [5.74, 6) is 0.953. The van der Waals surface area contributed by atoms with Gasteiger partial charge in [0.2, 0.25) is 0 Å². The Balaban J connectivity index is 1.41. The highest BCUT2D eigenvalue weighted by atomic mass is 35.5. The van der Waals surface area contributed by atoms with E-state index in [0.29, 0.717) is 47.3 Å². The lowest BCUT2D eigenvalue weighted by Crippen LogP contribution is -2.39. The minimum Gasteiger partial charge on any atom is -0.494 e. The van der Waals surface area contributed by atoms with Crippen molar-refractivity contribution in [2.75, 3.05) is 30.0 Å². The first-order valence-electron chi connectivity index (χ1n) is 10.9. The smallest absolute Gasteiger partial charge is 0.265 e. The van der Waals surface area contributed by atoms with E-state index in [1.807, 2.05) is 12.1 Å². The summed E-state index contributed by atoms with van der Waals surface area (Å²) in [5.41, 5.74) is 2.81. The van der Waals surface area contributed by atoms with Crippen molar-refractivity contribution in [3.05, 3.63) is 82.9 Å². The van der Waals surface area contributed by atoms with Crippen molar-refractivity contribution < 1.29 is 19.1 Å². The van der Waals surface area contributed by atoms with Gasteiger partial charge in [-0.25, -0.2) is 0 Å². The number of halogens is 1. The van der Waals surface area contributed by atoms with Crippen LogP contribution in [0.5, 0.6) is 11.5 Å². The average molecular weight is 465 g/mol. The molecule has 0 radical (unpaired) electrons. The van der Waals surface area contributed by atoms with Gasteiger partial charge in [0.1, 0.15) is 11.5 Å². The van der Waals surface area contributed by atoms with E-state index >= 15 is 0 Å². The summed E-state index contributed by atoms with van der Waals surface area (Å²) in [4.78, 5) is 26.8. The molecule has 2 amide bonds. The Kier molecular flexibility index (Phi) is 7.15. The predicted octanol–water partition coefficient (Wildman–Crippen LogP) is 5.35. The largest absolute Gasteiger partial charge is 0.494 e. The molecule has 6 nitrogen and oxygen atoms in total. The molecule has 3 aromatic rings. The summed E-state index contributed by atoms with van der Waals surface area (Å²) in [7, 11) is 0. The molecule has 4 rings (SSSR count). The number of nitrogens with one attached hydrogen (secondary N) is 1. The van der Waals surface area contributed by atoms with Gasteiger partial charge >= 0.3 is 0 Å². The minimum atomic E-state index is -0.322. The van der Waals surface area contributed by atoms with Crippen LogP contribution >= 0.6 is 11.6 Å². The highest BCUT2D eigenvalue weighted by molar-refractivity contribution is 6.34. The van der Waals surface area contributed by atoms with Crippen molar-refractivity contribution >= 4 is 34.8 Å². The third-order valence-corrected chi connectivity index (χ3v) is 5.73. The summed E-state index contributed by atoms with van der Waals surface area (Å²) in [5, 5.41) is 3.21. The van der Waals surface area contributed by atoms with E-state index in [4.69, 9.17) is 21.1 Å². The molecular formula is C26H25ClN2O4. The molecule has 1 heterocycles. The molecule has 0 aliphatic carbocycles. The standard InChI is InChI=1S/C26H25ClN2O4/c1-2-18-8-11-20(12-9-18)32-15-5-14-29-23-16-19(10-13-24(23)33-17-25(29)30)28-26(31)21-6-3-4-7-22(21)27/h3-4,6-13,16H,2,5,14-15,17H2,1H3,(H,28,31). The van der Waals surface area contributed by atoms with Crippen LogP contribution in [0.1, 0.15) is 29.3 Å². The molecule has 33 heavy (non-hydrogen) atoms. The number of ether oxygens (including phenoxy) is 2. The van der Waals surface area contributed by atoms with Gasteiger partial charge in [-0.15, -0.1) is 0 Å². The van der Waals surface area contributed by atoms with Crippen LogP contribution in [-0.2, 0) is 11.2 Å². The second-order valence-electron chi connectivity index (χ2n) is 7.65. The van der Waals surface area contributed by atoms with Crippen LogP contribution in [0.15, 0.2) is 66.7 Å². The van der Waals surface area contributed by atoms with Gasteiger partial charge in [0.05, 0.1) is 22.9 Å². The lowest BCUT2D eigenvalue weighted by molar-refractivity contribution is -0.121. The van der Waals surface area contributed by atoms with E-state index in [0.717, 1.165) is 12.2 Å². The SMILES string of the molecule is CCc1ccc(OCCCN2C(=O)COc3ccc(NC(=O)c4ccccc4Cl)cc32)cc1. The van der Waals surface area contributed by atoms with E-state index in [1.54, 1.807) is 47.4 Å². The Morgan fingerprint density at radius 2 is 1.91 bits per heavy atom. The number of benzene rings is 3. The van der Waals surface area contributed by atoms with Crippen molar-refractivity contribution in [2.24, 2.45) is 0 Å². The fourth-order valence-corrected chi connectivity index (χ4v) is 3.82. The molecule has 0 fully saturated rings. The molecule has 0 spiro atoms. The van der Waals surface area contributed by atoms with E-state index < -0.39 is 0 Å². The first-order chi connectivity index (χ1) is 16.0. The summed E-state index contributed by atoms with van der Waals surface area (Å²) in [6.07, 6.45) is 1.64. The van der Waals surface area contributed by atoms with Gasteiger partial charge in [0.15, 0.2) is 6.61 Å². The van der Waals surface area contributed by atoms with Gasteiger partial charge in [-0.05, 0) is 60.9 Å². The Bertz CT molecular complexity index is 1150. The summed E-state index contributed by atoms with van der Waals surface area (Å²) in [6.45, 7) is 3.05. The maximum absolute atomic E-state index is 12.6. The molecular weight excluding hydrogens is 440 g/mol. The molecule has 0 aromatic heterocycles. The highest BCUT2D eigenvalue weighted by Gasteiger charge is 2.26. The van der Waals surface area contributed by atoms with Crippen molar-refractivity contribution in [3.8, 4) is 11.5 Å². The quantitative estimate of drug-likeness (QED) is 0.456. The van der Waals surface area contributed by atoms with Crippen LogP contribution in [0.4, 0.5) is 11.4 Å². The van der Waals surface area contributed by atoms with Gasteiger partial charge in [-0.2, -0.15) is 0 Å². The molecule has 170 valence electrons. The van der Waals surface area contributed by atoms with Gasteiger partial charge in [0, 0.05) is 12.2 Å². The predicted molar refractivity (Wildman–Crippen MR) is 130 cm³/mol. The molecule has 0 bridgehead atoms. The zero-order valence-corrected chi connectivity index (χ0v) is 19.1. The highest BCUT2D eigenvalue weighted by Crippen LogP contribution is 2.35. The monoisotopic (exact) mass is 464 g/mol. The van der Waals surface area contributed by atoms with E-state index in [1.165, 1.54) is 5.56 Å². The summed E-state index contributed by atoms with van der Waals surface area (Å²) in [6, 6.07) is 20.1. The number of carbonyl (C=O) groups excluding carboxylic acids is 2. The van der Waals surface area contributed by atoms with E-state index in [2.05, 4.69) is 24.4 Å². The normalized spacial score (nSPS) is 12.7. The van der Waals surface area contributed by atoms with Gasteiger partial charge in [-0.1, -0.05) is 42.8 Å². The van der Waals surface area contributed by atoms with Gasteiger partial charge in [0.25, 0.3) is 11.8 Å². The van der Waals surface area contributed by atoms with Gasteiger partial charge < -0.3 is 19.7 Å². The number of anilines is 2. The zero-order valence-electron chi connectivity index (χ0n) is 18.3. The second-order valence-corrected chi connectivity index (χ2v) is 8.06. The fourth-order valence-electron chi connectivity index (χ4n) is 3.60. The van der Waals surface area contributed by atoms with Crippen LogP contribution in [0.3, 0.4) is 0 Å². The molecule has 1 aliphatic rings. The average Bonchev–Trinajstić information content (AvgIpc) is 2.83. The topological polar surface area (TPSA) is 67.9 Å². The van der Waals surface area contributed by atoms with Crippen LogP contribution in [0.25, 0.3) is 0 Å².